The lowest BCUT2D eigenvalue weighted by Gasteiger charge is -2.14. The Kier molecular flexibility index (Phi) is 3.88. The highest BCUT2D eigenvalue weighted by molar-refractivity contribution is 6.33. The number of aromatic nitrogens is 2. The molecule has 1 N–H and O–H groups in total. The van der Waals surface area contributed by atoms with E-state index in [0.29, 0.717) is 17.1 Å². The molecule has 0 aliphatic rings. The minimum atomic E-state index is -0.226. The van der Waals surface area contributed by atoms with Crippen LogP contribution in [0.15, 0.2) is 61.2 Å². The summed E-state index contributed by atoms with van der Waals surface area (Å²) in [5, 5.41) is 3.83. The molecule has 2 aromatic carbocycles. The minimum absolute atomic E-state index is 0.226. The summed E-state index contributed by atoms with van der Waals surface area (Å²) in [6, 6.07) is 12.3. The van der Waals surface area contributed by atoms with Crippen LogP contribution in [-0.4, -0.2) is 9.55 Å². The van der Waals surface area contributed by atoms with E-state index >= 15 is 0 Å². The van der Waals surface area contributed by atoms with E-state index in [1.54, 1.807) is 24.7 Å². The summed E-state index contributed by atoms with van der Waals surface area (Å²) in [6.45, 7) is 0.384. The summed E-state index contributed by atoms with van der Waals surface area (Å²) in [6.07, 6.45) is 5.18. The second-order valence-electron chi connectivity index (χ2n) is 4.55. The van der Waals surface area contributed by atoms with Gasteiger partial charge < -0.3 is 9.88 Å². The molecule has 1 heterocycles. The number of imidazole rings is 1. The molecule has 3 aromatic rings. The van der Waals surface area contributed by atoms with Crippen molar-refractivity contribution in [1.29, 1.82) is 0 Å². The third-order valence-electron chi connectivity index (χ3n) is 3.18. The van der Waals surface area contributed by atoms with Crippen molar-refractivity contribution in [3.63, 3.8) is 0 Å². The van der Waals surface area contributed by atoms with Gasteiger partial charge in [0.25, 0.3) is 0 Å². The monoisotopic (exact) mass is 301 g/mol. The predicted octanol–water partition coefficient (Wildman–Crippen LogP) is 4.28. The molecule has 0 aliphatic heterocycles. The molecule has 0 fully saturated rings. The van der Waals surface area contributed by atoms with Crippen molar-refractivity contribution in [2.45, 2.75) is 6.54 Å². The van der Waals surface area contributed by atoms with Crippen LogP contribution in [0, 0.1) is 5.82 Å². The highest BCUT2D eigenvalue weighted by atomic mass is 35.5. The average molecular weight is 302 g/mol. The summed E-state index contributed by atoms with van der Waals surface area (Å²) in [4.78, 5) is 4.03. The van der Waals surface area contributed by atoms with Gasteiger partial charge in [0.2, 0.25) is 0 Å². The molecule has 3 nitrogen and oxygen atoms in total. The van der Waals surface area contributed by atoms with Crippen molar-refractivity contribution in [2.24, 2.45) is 0 Å². The maximum absolute atomic E-state index is 13.7. The van der Waals surface area contributed by atoms with Crippen molar-refractivity contribution in [1.82, 2.24) is 9.55 Å². The van der Waals surface area contributed by atoms with Gasteiger partial charge in [-0.25, -0.2) is 9.37 Å². The van der Waals surface area contributed by atoms with Gasteiger partial charge in [-0.2, -0.15) is 0 Å². The number of rotatable bonds is 4. The quantitative estimate of drug-likeness (QED) is 0.779. The third kappa shape index (κ3) is 2.90. The standard InChI is InChI=1S/C16H13ClFN3/c17-13-5-3-7-15(16(13)21-9-8-19-11-21)20-10-12-4-1-2-6-14(12)18/h1-9,11,20H,10H2. The highest BCUT2D eigenvalue weighted by Gasteiger charge is 2.09. The van der Waals surface area contributed by atoms with Crippen LogP contribution in [0.5, 0.6) is 0 Å². The van der Waals surface area contributed by atoms with Gasteiger partial charge in [0.1, 0.15) is 5.82 Å². The first kappa shape index (κ1) is 13.6. The first-order valence-electron chi connectivity index (χ1n) is 6.50. The van der Waals surface area contributed by atoms with Gasteiger partial charge in [0.05, 0.1) is 22.7 Å². The summed E-state index contributed by atoms with van der Waals surface area (Å²) in [7, 11) is 0. The molecule has 0 unspecified atom stereocenters. The zero-order chi connectivity index (χ0) is 14.7. The van der Waals surface area contributed by atoms with Gasteiger partial charge in [-0.15, -0.1) is 0 Å². The van der Waals surface area contributed by atoms with Gasteiger partial charge in [-0.3, -0.25) is 0 Å². The second-order valence-corrected chi connectivity index (χ2v) is 4.96. The van der Waals surface area contributed by atoms with Crippen molar-refractivity contribution in [3.05, 3.63) is 77.6 Å². The lowest BCUT2D eigenvalue weighted by Crippen LogP contribution is -2.05. The average Bonchev–Trinajstić information content (AvgIpc) is 3.00. The number of halogens is 2. The lowest BCUT2D eigenvalue weighted by molar-refractivity contribution is 0.613. The second kappa shape index (κ2) is 5.97. The predicted molar refractivity (Wildman–Crippen MR) is 82.3 cm³/mol. The highest BCUT2D eigenvalue weighted by Crippen LogP contribution is 2.28. The Morgan fingerprint density at radius 2 is 2.00 bits per heavy atom. The Bertz CT molecular complexity index is 741. The molecule has 1 aromatic heterocycles. The first-order chi connectivity index (χ1) is 10.3. The number of para-hydroxylation sites is 1. The maximum atomic E-state index is 13.7. The Morgan fingerprint density at radius 3 is 2.76 bits per heavy atom. The molecular formula is C16H13ClFN3. The van der Waals surface area contributed by atoms with Crippen molar-refractivity contribution in [3.8, 4) is 5.69 Å². The zero-order valence-corrected chi connectivity index (χ0v) is 11.9. The van der Waals surface area contributed by atoms with Crippen LogP contribution in [0.1, 0.15) is 5.56 Å². The van der Waals surface area contributed by atoms with Crippen LogP contribution < -0.4 is 5.32 Å². The molecule has 0 bridgehead atoms. The maximum Gasteiger partial charge on any atom is 0.128 e. The molecule has 0 amide bonds. The molecule has 0 radical (unpaired) electrons. The Morgan fingerprint density at radius 1 is 1.14 bits per heavy atom. The van der Waals surface area contributed by atoms with Crippen LogP contribution in [-0.2, 0) is 6.54 Å². The lowest BCUT2D eigenvalue weighted by atomic mass is 10.2. The molecule has 0 saturated carbocycles. The van der Waals surface area contributed by atoms with Crippen molar-refractivity contribution >= 4 is 17.3 Å². The van der Waals surface area contributed by atoms with Crippen molar-refractivity contribution in [2.75, 3.05) is 5.32 Å². The number of nitrogens with zero attached hydrogens (tertiary/aromatic N) is 2. The third-order valence-corrected chi connectivity index (χ3v) is 3.48. The fraction of sp³-hybridized carbons (Fsp3) is 0.0625. The molecule has 5 heteroatoms. The zero-order valence-electron chi connectivity index (χ0n) is 11.1. The van der Waals surface area contributed by atoms with E-state index in [-0.39, 0.29) is 5.82 Å². The minimum Gasteiger partial charge on any atom is -0.379 e. The molecular weight excluding hydrogens is 289 g/mol. The Labute approximate surface area is 127 Å². The fourth-order valence-electron chi connectivity index (χ4n) is 2.14. The first-order valence-corrected chi connectivity index (χ1v) is 6.87. The van der Waals surface area contributed by atoms with Gasteiger partial charge in [0, 0.05) is 24.5 Å². The van der Waals surface area contributed by atoms with Gasteiger partial charge >= 0.3 is 0 Å². The van der Waals surface area contributed by atoms with Crippen LogP contribution >= 0.6 is 11.6 Å². The Balaban J connectivity index is 1.90. The van der Waals surface area contributed by atoms with E-state index < -0.39 is 0 Å². The molecule has 0 spiro atoms. The van der Waals surface area contributed by atoms with Crippen molar-refractivity contribution < 1.29 is 4.39 Å². The number of nitrogens with one attached hydrogen (secondary N) is 1. The summed E-state index contributed by atoms with van der Waals surface area (Å²) in [5.41, 5.74) is 2.23. The number of anilines is 1. The summed E-state index contributed by atoms with van der Waals surface area (Å²) in [5.74, 6) is -0.226. The van der Waals surface area contributed by atoms with E-state index in [4.69, 9.17) is 11.6 Å². The molecule has 3 rings (SSSR count). The molecule has 106 valence electrons. The van der Waals surface area contributed by atoms with Gasteiger partial charge in [0.15, 0.2) is 0 Å². The molecule has 0 atom stereocenters. The molecule has 0 saturated heterocycles. The number of hydrogen-bond donors (Lipinski definition) is 1. The normalized spacial score (nSPS) is 10.6. The fourth-order valence-corrected chi connectivity index (χ4v) is 2.42. The molecule has 21 heavy (non-hydrogen) atoms. The number of benzene rings is 2. The topological polar surface area (TPSA) is 29.9 Å². The van der Waals surface area contributed by atoms with Crippen LogP contribution in [0.2, 0.25) is 5.02 Å². The van der Waals surface area contributed by atoms with Crippen LogP contribution in [0.3, 0.4) is 0 Å². The van der Waals surface area contributed by atoms with E-state index in [1.165, 1.54) is 6.07 Å². The van der Waals surface area contributed by atoms with Crippen LogP contribution in [0.4, 0.5) is 10.1 Å². The van der Waals surface area contributed by atoms with Crippen LogP contribution in [0.25, 0.3) is 5.69 Å². The van der Waals surface area contributed by atoms with Gasteiger partial charge in [-0.05, 0) is 18.2 Å². The summed E-state index contributed by atoms with van der Waals surface area (Å²) < 4.78 is 15.5. The summed E-state index contributed by atoms with van der Waals surface area (Å²) >= 11 is 6.27. The van der Waals surface area contributed by atoms with E-state index in [0.717, 1.165) is 11.4 Å². The molecule has 0 aliphatic carbocycles. The van der Waals surface area contributed by atoms with E-state index in [9.17, 15) is 4.39 Å². The number of hydrogen-bond acceptors (Lipinski definition) is 2. The van der Waals surface area contributed by atoms with E-state index in [2.05, 4.69) is 10.3 Å². The smallest absolute Gasteiger partial charge is 0.128 e. The Hall–Kier alpha value is -2.33. The largest absolute Gasteiger partial charge is 0.379 e. The van der Waals surface area contributed by atoms with E-state index in [1.807, 2.05) is 35.0 Å². The van der Waals surface area contributed by atoms with Gasteiger partial charge in [-0.1, -0.05) is 35.9 Å². The SMILES string of the molecule is Fc1ccccc1CNc1cccc(Cl)c1-n1ccnc1.